The molecule has 1 atom stereocenters. The minimum absolute atomic E-state index is 0.0120. The maximum absolute atomic E-state index is 13.4. The second-order valence-corrected chi connectivity index (χ2v) is 7.91. The van der Waals surface area contributed by atoms with E-state index in [2.05, 4.69) is 0 Å². The van der Waals surface area contributed by atoms with E-state index in [0.29, 0.717) is 18.8 Å². The van der Waals surface area contributed by atoms with E-state index in [9.17, 15) is 9.59 Å². The molecule has 3 aromatic rings. The Morgan fingerprint density at radius 3 is 2.47 bits per heavy atom. The first kappa shape index (κ1) is 23.1. The molecule has 0 radical (unpaired) electrons. The lowest BCUT2D eigenvalue weighted by molar-refractivity contribution is -0.140. The number of hydrogen-bond acceptors (Lipinski definition) is 3. The van der Waals surface area contributed by atoms with Crippen LogP contribution >= 0.6 is 0 Å². The molecule has 0 aliphatic rings. The Labute approximate surface area is 189 Å². The van der Waals surface area contributed by atoms with Gasteiger partial charge in [-0.1, -0.05) is 37.3 Å². The molecule has 6 heteroatoms. The minimum atomic E-state index is -0.173. The van der Waals surface area contributed by atoms with Crippen LogP contribution in [0.3, 0.4) is 0 Å². The van der Waals surface area contributed by atoms with Crippen LogP contribution in [0.25, 0.3) is 6.08 Å². The third kappa shape index (κ3) is 6.23. The summed E-state index contributed by atoms with van der Waals surface area (Å²) >= 11 is 0. The Hall–Kier alpha value is -3.54. The number of hydrogen-bond donors (Lipinski definition) is 0. The van der Waals surface area contributed by atoms with Gasteiger partial charge in [-0.15, -0.1) is 0 Å². The van der Waals surface area contributed by atoms with Gasteiger partial charge in [0.15, 0.2) is 0 Å². The van der Waals surface area contributed by atoms with E-state index in [1.165, 1.54) is 0 Å². The molecule has 0 bridgehead atoms. The van der Waals surface area contributed by atoms with Crippen LogP contribution < -0.4 is 0 Å². The summed E-state index contributed by atoms with van der Waals surface area (Å²) < 4.78 is 7.47. The van der Waals surface area contributed by atoms with Crippen LogP contribution in [0.4, 0.5) is 0 Å². The van der Waals surface area contributed by atoms with Gasteiger partial charge in [0.2, 0.25) is 11.8 Å². The number of carbonyl (C=O) groups is 2. The van der Waals surface area contributed by atoms with Crippen LogP contribution in [0.2, 0.25) is 0 Å². The Bertz CT molecular complexity index is 1020. The fourth-order valence-corrected chi connectivity index (χ4v) is 3.42. The van der Waals surface area contributed by atoms with Crippen LogP contribution in [0.1, 0.15) is 37.3 Å². The van der Waals surface area contributed by atoms with E-state index in [0.717, 1.165) is 17.7 Å². The zero-order chi connectivity index (χ0) is 22.9. The van der Waals surface area contributed by atoms with Crippen molar-refractivity contribution in [3.63, 3.8) is 0 Å². The van der Waals surface area contributed by atoms with E-state index >= 15 is 0 Å². The van der Waals surface area contributed by atoms with Gasteiger partial charge in [0.05, 0.1) is 19.4 Å². The lowest BCUT2D eigenvalue weighted by atomic mass is 10.2. The second-order valence-electron chi connectivity index (χ2n) is 7.91. The number of amides is 2. The van der Waals surface area contributed by atoms with Crippen molar-refractivity contribution in [2.24, 2.45) is 7.05 Å². The molecule has 2 amide bonds. The van der Waals surface area contributed by atoms with Crippen molar-refractivity contribution in [3.8, 4) is 0 Å². The molecule has 1 unspecified atom stereocenters. The van der Waals surface area contributed by atoms with Gasteiger partial charge < -0.3 is 18.8 Å². The van der Waals surface area contributed by atoms with E-state index in [1.54, 1.807) is 28.2 Å². The smallest absolute Gasteiger partial charge is 0.247 e. The number of furan rings is 1. The van der Waals surface area contributed by atoms with Crippen LogP contribution in [-0.2, 0) is 29.7 Å². The van der Waals surface area contributed by atoms with Crippen molar-refractivity contribution in [3.05, 3.63) is 90.2 Å². The number of benzene rings is 1. The summed E-state index contributed by atoms with van der Waals surface area (Å²) in [6, 6.07) is 17.2. The largest absolute Gasteiger partial charge is 0.467 e. The van der Waals surface area contributed by atoms with Crippen molar-refractivity contribution >= 4 is 17.9 Å². The average molecular weight is 434 g/mol. The number of carbonyl (C=O) groups excluding carboxylic acids is 2. The first-order chi connectivity index (χ1) is 15.5. The Morgan fingerprint density at radius 1 is 1.06 bits per heavy atom. The molecule has 3 rings (SSSR count). The molecule has 0 aliphatic heterocycles. The first-order valence-electron chi connectivity index (χ1n) is 10.9. The molecule has 168 valence electrons. The molecule has 2 heterocycles. The van der Waals surface area contributed by atoms with Crippen molar-refractivity contribution < 1.29 is 14.0 Å². The molecule has 2 aromatic heterocycles. The number of aromatic nitrogens is 1. The number of rotatable bonds is 10. The summed E-state index contributed by atoms with van der Waals surface area (Å²) in [5.41, 5.74) is 1.95. The Balaban J connectivity index is 1.77. The quantitative estimate of drug-likeness (QED) is 0.443. The lowest BCUT2D eigenvalue weighted by Gasteiger charge is -2.30. The highest BCUT2D eigenvalue weighted by Crippen LogP contribution is 2.14. The third-order valence-corrected chi connectivity index (χ3v) is 5.61. The van der Waals surface area contributed by atoms with E-state index in [4.69, 9.17) is 4.42 Å². The summed E-state index contributed by atoms with van der Waals surface area (Å²) in [7, 11) is 1.95. The van der Waals surface area contributed by atoms with Gasteiger partial charge in [0.25, 0.3) is 0 Å². The maximum Gasteiger partial charge on any atom is 0.247 e. The predicted molar refractivity (Wildman–Crippen MR) is 125 cm³/mol. The molecule has 0 N–H and O–H groups in total. The monoisotopic (exact) mass is 433 g/mol. The van der Waals surface area contributed by atoms with Gasteiger partial charge in [0, 0.05) is 31.1 Å². The molecule has 32 heavy (non-hydrogen) atoms. The normalized spacial score (nSPS) is 12.1. The summed E-state index contributed by atoms with van der Waals surface area (Å²) in [5, 5.41) is 0. The fourth-order valence-electron chi connectivity index (χ4n) is 3.42. The van der Waals surface area contributed by atoms with E-state index in [-0.39, 0.29) is 24.4 Å². The first-order valence-corrected chi connectivity index (χ1v) is 10.9. The molecule has 6 nitrogen and oxygen atoms in total. The van der Waals surface area contributed by atoms with Crippen molar-refractivity contribution in [2.75, 3.05) is 6.54 Å². The number of nitrogens with zero attached hydrogens (tertiary/aromatic N) is 3. The van der Waals surface area contributed by atoms with E-state index < -0.39 is 0 Å². The van der Waals surface area contributed by atoms with Crippen LogP contribution in [0.5, 0.6) is 0 Å². The molecule has 1 aromatic carbocycles. The van der Waals surface area contributed by atoms with Crippen molar-refractivity contribution in [1.29, 1.82) is 0 Å². The molecule has 0 saturated heterocycles. The van der Waals surface area contributed by atoms with Crippen LogP contribution in [-0.4, -0.2) is 38.8 Å². The molecular formula is C26H31N3O3. The van der Waals surface area contributed by atoms with Crippen LogP contribution in [0.15, 0.2) is 77.6 Å². The lowest BCUT2D eigenvalue weighted by Crippen LogP contribution is -2.45. The van der Waals surface area contributed by atoms with Gasteiger partial charge in [-0.25, -0.2) is 0 Å². The molecule has 0 fully saturated rings. The zero-order valence-electron chi connectivity index (χ0n) is 19.0. The summed E-state index contributed by atoms with van der Waals surface area (Å²) in [4.78, 5) is 29.8. The predicted octanol–water partition coefficient (Wildman–Crippen LogP) is 4.49. The summed E-state index contributed by atoms with van der Waals surface area (Å²) in [5.74, 6) is 0.413. The zero-order valence-corrected chi connectivity index (χ0v) is 19.0. The SMILES string of the molecule is CCC(C)N(CC(=O)N(Cc1ccco1)Cc1cccn1C)C(=O)/C=C/c1ccccc1. The highest BCUT2D eigenvalue weighted by atomic mass is 16.3. The second kappa shape index (κ2) is 11.2. The molecule has 0 saturated carbocycles. The van der Waals surface area contributed by atoms with Gasteiger partial charge in [0.1, 0.15) is 12.3 Å². The highest BCUT2D eigenvalue weighted by molar-refractivity contribution is 5.94. The van der Waals surface area contributed by atoms with E-state index in [1.807, 2.05) is 86.3 Å². The molecular weight excluding hydrogens is 402 g/mol. The highest BCUT2D eigenvalue weighted by Gasteiger charge is 2.24. The van der Waals surface area contributed by atoms with Gasteiger partial charge in [-0.3, -0.25) is 9.59 Å². The van der Waals surface area contributed by atoms with Gasteiger partial charge >= 0.3 is 0 Å². The Kier molecular flexibility index (Phi) is 8.08. The van der Waals surface area contributed by atoms with Crippen LogP contribution in [0, 0.1) is 0 Å². The van der Waals surface area contributed by atoms with Gasteiger partial charge in [-0.2, -0.15) is 0 Å². The standard InChI is InChI=1S/C26H31N3O3/c1-4-21(2)29(25(30)15-14-22-10-6-5-7-11-22)20-26(31)28(19-24-13-9-17-32-24)18-23-12-8-16-27(23)3/h5-17,21H,4,18-20H2,1-3H3/b15-14+. The topological polar surface area (TPSA) is 58.7 Å². The molecule has 0 aliphatic carbocycles. The maximum atomic E-state index is 13.4. The summed E-state index contributed by atoms with van der Waals surface area (Å²) in [6.45, 7) is 4.78. The fraction of sp³-hybridized carbons (Fsp3) is 0.308. The van der Waals surface area contributed by atoms with Gasteiger partial charge in [-0.05, 0) is 49.2 Å². The third-order valence-electron chi connectivity index (χ3n) is 5.61. The minimum Gasteiger partial charge on any atom is -0.467 e. The molecule has 0 spiro atoms. The Morgan fingerprint density at radius 2 is 1.84 bits per heavy atom. The van der Waals surface area contributed by atoms with Crippen molar-refractivity contribution in [1.82, 2.24) is 14.4 Å². The number of aryl methyl sites for hydroxylation is 1. The summed E-state index contributed by atoms with van der Waals surface area (Å²) in [6.07, 6.45) is 7.64. The van der Waals surface area contributed by atoms with Crippen molar-refractivity contribution in [2.45, 2.75) is 39.4 Å². The average Bonchev–Trinajstić information content (AvgIpc) is 3.47.